The van der Waals surface area contributed by atoms with Gasteiger partial charge in [-0.25, -0.2) is 18.7 Å². The second-order valence-electron chi connectivity index (χ2n) is 9.26. The minimum atomic E-state index is -0.659. The number of anilines is 1. The van der Waals surface area contributed by atoms with Gasteiger partial charge in [0, 0.05) is 44.4 Å². The highest BCUT2D eigenvalue weighted by atomic mass is 19.1. The highest BCUT2D eigenvalue weighted by molar-refractivity contribution is 6.01. The zero-order valence-corrected chi connectivity index (χ0v) is 20.6. The predicted molar refractivity (Wildman–Crippen MR) is 135 cm³/mol. The van der Waals surface area contributed by atoms with E-state index >= 15 is 4.39 Å². The molecule has 2 aromatic carbocycles. The van der Waals surface area contributed by atoms with Crippen molar-refractivity contribution >= 4 is 33.4 Å². The molecule has 0 unspecified atom stereocenters. The summed E-state index contributed by atoms with van der Waals surface area (Å²) in [4.78, 5) is 29.2. The van der Waals surface area contributed by atoms with Gasteiger partial charge in [0.15, 0.2) is 5.82 Å². The molecule has 5 rings (SSSR count). The number of carbonyl (C=O) groups is 1. The molecular weight excluding hydrogens is 464 g/mol. The normalized spacial score (nSPS) is 16.2. The smallest absolute Gasteiger partial charge is 0.219 e. The molecule has 0 bridgehead atoms. The zero-order valence-electron chi connectivity index (χ0n) is 20.6. The molecular formula is C27H27F2N5O2. The van der Waals surface area contributed by atoms with Crippen LogP contribution in [0.3, 0.4) is 0 Å². The van der Waals surface area contributed by atoms with E-state index in [-0.39, 0.29) is 28.9 Å². The maximum absolute atomic E-state index is 16.1. The molecule has 1 saturated heterocycles. The van der Waals surface area contributed by atoms with Crippen LogP contribution in [0.1, 0.15) is 32.2 Å². The van der Waals surface area contributed by atoms with E-state index in [9.17, 15) is 14.3 Å². The highest BCUT2D eigenvalue weighted by Gasteiger charge is 2.28. The Morgan fingerprint density at radius 3 is 2.67 bits per heavy atom. The van der Waals surface area contributed by atoms with Crippen molar-refractivity contribution in [3.05, 3.63) is 53.5 Å². The first-order chi connectivity index (χ1) is 17.2. The number of halogens is 2. The summed E-state index contributed by atoms with van der Waals surface area (Å²) in [7, 11) is 0. The van der Waals surface area contributed by atoms with Crippen molar-refractivity contribution in [2.75, 3.05) is 24.5 Å². The molecule has 1 amide bonds. The van der Waals surface area contributed by atoms with E-state index in [1.165, 1.54) is 24.4 Å². The Labute approximate surface area is 207 Å². The topological polar surface area (TPSA) is 82.5 Å². The number of nitrogens with zero attached hydrogens (tertiary/aromatic N) is 5. The van der Waals surface area contributed by atoms with E-state index in [2.05, 4.69) is 15.0 Å². The van der Waals surface area contributed by atoms with Crippen molar-refractivity contribution in [3.8, 4) is 17.0 Å². The van der Waals surface area contributed by atoms with Crippen LogP contribution >= 0.6 is 0 Å². The Morgan fingerprint density at radius 1 is 1.19 bits per heavy atom. The summed E-state index contributed by atoms with van der Waals surface area (Å²) in [5.74, 6) is -0.137. The number of aromatic nitrogens is 3. The van der Waals surface area contributed by atoms with Crippen molar-refractivity contribution in [1.29, 1.82) is 0 Å². The first-order valence-electron chi connectivity index (χ1n) is 12.0. The lowest BCUT2D eigenvalue weighted by molar-refractivity contribution is -0.131. The SMILES string of the molecule is CCc1c(F)ccc2cc(O)cc(-c3ncc4c(N5CCN(C(C)=O)[C@H](C)C5)nc(C)nc4c3F)c12. The Balaban J connectivity index is 1.69. The summed E-state index contributed by atoms with van der Waals surface area (Å²) < 4.78 is 30.8. The standard InChI is InChI=1S/C27H27F2N5O2/c1-5-19-22(28)7-6-17-10-18(36)11-20(23(17)19)25-24(29)26-21(12-30-25)27(32-15(3)31-26)33-8-9-34(16(4)35)14(2)13-33/h6-7,10-12,14,36H,5,8-9,13H2,1-4H3/t14-/m1/s1. The molecule has 7 nitrogen and oxygen atoms in total. The van der Waals surface area contributed by atoms with Crippen molar-refractivity contribution in [2.45, 2.75) is 40.2 Å². The fraction of sp³-hybridized carbons (Fsp3) is 0.333. The van der Waals surface area contributed by atoms with E-state index in [1.807, 2.05) is 18.7 Å². The molecule has 0 spiro atoms. The summed E-state index contributed by atoms with van der Waals surface area (Å²) >= 11 is 0. The molecule has 1 atom stereocenters. The van der Waals surface area contributed by atoms with Crippen molar-refractivity contribution in [1.82, 2.24) is 19.9 Å². The van der Waals surface area contributed by atoms with Gasteiger partial charge in [0.25, 0.3) is 0 Å². The van der Waals surface area contributed by atoms with Crippen LogP contribution in [-0.2, 0) is 11.2 Å². The van der Waals surface area contributed by atoms with Gasteiger partial charge in [-0.3, -0.25) is 9.78 Å². The molecule has 0 saturated carbocycles. The first-order valence-corrected chi connectivity index (χ1v) is 12.0. The Bertz CT molecular complexity index is 1520. The van der Waals surface area contributed by atoms with Gasteiger partial charge in [-0.05, 0) is 54.8 Å². The van der Waals surface area contributed by atoms with Crippen LogP contribution in [0.15, 0.2) is 30.5 Å². The molecule has 0 radical (unpaired) electrons. The minimum Gasteiger partial charge on any atom is -0.508 e. The first kappa shape index (κ1) is 23.8. The molecule has 1 aliphatic rings. The number of aromatic hydroxyl groups is 1. The fourth-order valence-electron chi connectivity index (χ4n) is 5.23. The van der Waals surface area contributed by atoms with Gasteiger partial charge in [-0.15, -0.1) is 0 Å². The van der Waals surface area contributed by atoms with Crippen LogP contribution < -0.4 is 4.90 Å². The zero-order chi connectivity index (χ0) is 25.7. The lowest BCUT2D eigenvalue weighted by Gasteiger charge is -2.40. The van der Waals surface area contributed by atoms with Gasteiger partial charge in [-0.1, -0.05) is 13.0 Å². The second-order valence-corrected chi connectivity index (χ2v) is 9.26. The molecule has 0 aliphatic carbocycles. The van der Waals surface area contributed by atoms with Crippen LogP contribution in [-0.4, -0.2) is 56.5 Å². The number of piperazine rings is 1. The van der Waals surface area contributed by atoms with Gasteiger partial charge >= 0.3 is 0 Å². The number of benzene rings is 2. The quantitative estimate of drug-likeness (QED) is 0.445. The van der Waals surface area contributed by atoms with Gasteiger partial charge < -0.3 is 14.9 Å². The average molecular weight is 492 g/mol. The Kier molecular flexibility index (Phi) is 5.94. The summed E-state index contributed by atoms with van der Waals surface area (Å²) in [6, 6.07) is 5.83. The Morgan fingerprint density at radius 2 is 1.97 bits per heavy atom. The van der Waals surface area contributed by atoms with E-state index < -0.39 is 11.6 Å². The van der Waals surface area contributed by atoms with Crippen LogP contribution in [0, 0.1) is 18.6 Å². The number of carbonyl (C=O) groups excluding carboxylic acids is 1. The van der Waals surface area contributed by atoms with E-state index in [0.29, 0.717) is 65.0 Å². The lowest BCUT2D eigenvalue weighted by atomic mass is 9.94. The van der Waals surface area contributed by atoms with Crippen LogP contribution in [0.2, 0.25) is 0 Å². The lowest BCUT2D eigenvalue weighted by Crippen LogP contribution is -2.53. The second kappa shape index (κ2) is 8.96. The number of hydrogen-bond donors (Lipinski definition) is 1. The number of rotatable bonds is 3. The predicted octanol–water partition coefficient (Wildman–Crippen LogP) is 4.76. The molecule has 1 fully saturated rings. The molecule has 2 aromatic heterocycles. The Hall–Kier alpha value is -3.88. The van der Waals surface area contributed by atoms with Gasteiger partial charge in [0.1, 0.15) is 34.4 Å². The third kappa shape index (κ3) is 3.88. The summed E-state index contributed by atoms with van der Waals surface area (Å²) in [5.41, 5.74) is 0.834. The number of amides is 1. The fourth-order valence-corrected chi connectivity index (χ4v) is 5.23. The molecule has 186 valence electrons. The summed E-state index contributed by atoms with van der Waals surface area (Å²) in [6.07, 6.45) is 1.93. The number of phenols is 1. The average Bonchev–Trinajstić information content (AvgIpc) is 2.83. The molecule has 36 heavy (non-hydrogen) atoms. The summed E-state index contributed by atoms with van der Waals surface area (Å²) in [6.45, 7) is 8.69. The molecule has 4 aromatic rings. The number of fused-ring (bicyclic) bond motifs is 2. The molecule has 9 heteroatoms. The van der Waals surface area contributed by atoms with E-state index in [1.54, 1.807) is 24.8 Å². The van der Waals surface area contributed by atoms with Crippen LogP contribution in [0.5, 0.6) is 5.75 Å². The number of hydrogen-bond acceptors (Lipinski definition) is 6. The van der Waals surface area contributed by atoms with Crippen molar-refractivity contribution in [2.24, 2.45) is 0 Å². The van der Waals surface area contributed by atoms with E-state index in [4.69, 9.17) is 0 Å². The van der Waals surface area contributed by atoms with Gasteiger partial charge in [-0.2, -0.15) is 0 Å². The van der Waals surface area contributed by atoms with E-state index in [0.717, 1.165) is 0 Å². The minimum absolute atomic E-state index is 0.0116. The van der Waals surface area contributed by atoms with Crippen LogP contribution in [0.25, 0.3) is 32.9 Å². The largest absolute Gasteiger partial charge is 0.508 e. The van der Waals surface area contributed by atoms with Crippen molar-refractivity contribution in [3.63, 3.8) is 0 Å². The molecule has 3 heterocycles. The highest BCUT2D eigenvalue weighted by Crippen LogP contribution is 2.38. The molecule has 1 aliphatic heterocycles. The van der Waals surface area contributed by atoms with Gasteiger partial charge in [0.2, 0.25) is 5.91 Å². The number of pyridine rings is 1. The third-order valence-electron chi connectivity index (χ3n) is 6.87. The third-order valence-corrected chi connectivity index (χ3v) is 6.87. The molecule has 1 N–H and O–H groups in total. The van der Waals surface area contributed by atoms with Crippen LogP contribution in [0.4, 0.5) is 14.6 Å². The van der Waals surface area contributed by atoms with Crippen molar-refractivity contribution < 1.29 is 18.7 Å². The maximum atomic E-state index is 16.1. The maximum Gasteiger partial charge on any atom is 0.219 e. The monoisotopic (exact) mass is 491 g/mol. The summed E-state index contributed by atoms with van der Waals surface area (Å²) in [5, 5.41) is 11.9. The van der Waals surface area contributed by atoms with Gasteiger partial charge in [0.05, 0.1) is 5.39 Å². The number of phenolic OH excluding ortho intramolecular Hbond substituents is 1. The number of aryl methyl sites for hydroxylation is 2.